The van der Waals surface area contributed by atoms with E-state index < -0.39 is 0 Å². The zero-order chi connectivity index (χ0) is 14.1. The summed E-state index contributed by atoms with van der Waals surface area (Å²) in [5.74, 6) is 0.103. The molecule has 1 amide bonds. The molecule has 0 saturated carbocycles. The number of rotatable bonds is 1. The lowest BCUT2D eigenvalue weighted by Crippen LogP contribution is -2.41. The lowest BCUT2D eigenvalue weighted by molar-refractivity contribution is -0.131. The van der Waals surface area contributed by atoms with Crippen molar-refractivity contribution >= 4 is 11.6 Å². The highest BCUT2D eigenvalue weighted by Crippen LogP contribution is 2.28. The number of aliphatic imine (C=N–C) groups is 1. The molecule has 3 nitrogen and oxygen atoms in total. The van der Waals surface area contributed by atoms with Crippen molar-refractivity contribution in [3.63, 3.8) is 0 Å². The van der Waals surface area contributed by atoms with Crippen LogP contribution in [0.4, 0.5) is 0 Å². The molecule has 0 aromatic heterocycles. The Morgan fingerprint density at radius 1 is 1.30 bits per heavy atom. The maximum atomic E-state index is 12.4. The van der Waals surface area contributed by atoms with E-state index in [1.54, 1.807) is 0 Å². The lowest BCUT2D eigenvalue weighted by Gasteiger charge is -2.30. The Hall–Kier alpha value is -1.90. The number of likely N-dealkylation sites (N-methyl/N-ethyl adjacent to an activating group) is 1. The fourth-order valence-electron chi connectivity index (χ4n) is 3.02. The Morgan fingerprint density at radius 2 is 2.15 bits per heavy atom. The number of carbonyl (C=O) groups excluding carboxylic acids is 1. The number of nitrogens with zero attached hydrogens (tertiary/aromatic N) is 2. The van der Waals surface area contributed by atoms with E-state index >= 15 is 0 Å². The minimum atomic E-state index is -0.308. The Kier molecular flexibility index (Phi) is 3.43. The van der Waals surface area contributed by atoms with Crippen LogP contribution in [-0.2, 0) is 4.79 Å². The van der Waals surface area contributed by atoms with Crippen LogP contribution in [0.15, 0.2) is 52.6 Å². The minimum Gasteiger partial charge on any atom is -0.336 e. The summed E-state index contributed by atoms with van der Waals surface area (Å²) in [4.78, 5) is 18.9. The van der Waals surface area contributed by atoms with Gasteiger partial charge in [0.15, 0.2) is 0 Å². The SMILES string of the molecule is C[C@H]1N=C(C2=CCCC=C2)C2=CC=CCC2N(C)C1=O. The van der Waals surface area contributed by atoms with E-state index in [-0.39, 0.29) is 18.0 Å². The van der Waals surface area contributed by atoms with Crippen molar-refractivity contribution in [2.45, 2.75) is 38.3 Å². The summed E-state index contributed by atoms with van der Waals surface area (Å²) in [6, 6.07) is -0.190. The fourth-order valence-corrected chi connectivity index (χ4v) is 3.02. The van der Waals surface area contributed by atoms with Crippen molar-refractivity contribution in [2.24, 2.45) is 4.99 Å². The van der Waals surface area contributed by atoms with Gasteiger partial charge >= 0.3 is 0 Å². The largest absolute Gasteiger partial charge is 0.336 e. The van der Waals surface area contributed by atoms with Gasteiger partial charge in [0.25, 0.3) is 0 Å². The highest BCUT2D eigenvalue weighted by Gasteiger charge is 2.33. The van der Waals surface area contributed by atoms with Crippen LogP contribution in [0.2, 0.25) is 0 Å². The van der Waals surface area contributed by atoms with Crippen LogP contribution in [0.5, 0.6) is 0 Å². The number of carbonyl (C=O) groups is 1. The molecule has 0 bridgehead atoms. The molecule has 0 spiro atoms. The molecule has 0 aromatic carbocycles. The highest BCUT2D eigenvalue weighted by molar-refractivity contribution is 6.16. The average molecular weight is 268 g/mol. The van der Waals surface area contributed by atoms with Gasteiger partial charge in [0.2, 0.25) is 5.91 Å². The summed E-state index contributed by atoms with van der Waals surface area (Å²) in [7, 11) is 1.89. The average Bonchev–Trinajstić information content (AvgIpc) is 2.60. The van der Waals surface area contributed by atoms with E-state index in [0.29, 0.717) is 0 Å². The standard InChI is InChI=1S/C17H20N2O/c1-12-17(20)19(2)15-11-7-6-10-14(15)16(18-12)13-8-4-3-5-9-13/h4,6-10,12,15H,3,5,11H2,1-2H3/t12-,15?/m1/s1. The molecular weight excluding hydrogens is 248 g/mol. The first kappa shape index (κ1) is 13.1. The first-order valence-corrected chi connectivity index (χ1v) is 7.27. The second-order valence-corrected chi connectivity index (χ2v) is 5.54. The van der Waals surface area contributed by atoms with E-state index in [1.807, 2.05) is 18.9 Å². The Morgan fingerprint density at radius 3 is 2.90 bits per heavy atom. The third kappa shape index (κ3) is 2.17. The molecule has 104 valence electrons. The Labute approximate surface area is 120 Å². The van der Waals surface area contributed by atoms with E-state index in [1.165, 1.54) is 5.57 Å². The first-order chi connectivity index (χ1) is 9.68. The molecule has 3 aliphatic rings. The number of amides is 1. The quantitative estimate of drug-likeness (QED) is 0.719. The number of allylic oxidation sites excluding steroid dienone is 6. The van der Waals surface area contributed by atoms with Crippen LogP contribution in [0.3, 0.4) is 0 Å². The van der Waals surface area contributed by atoms with Gasteiger partial charge in [0, 0.05) is 12.6 Å². The number of hydrogen-bond acceptors (Lipinski definition) is 2. The summed E-state index contributed by atoms with van der Waals surface area (Å²) in [5.41, 5.74) is 3.34. The zero-order valence-corrected chi connectivity index (χ0v) is 12.0. The Balaban J connectivity index is 2.09. The maximum Gasteiger partial charge on any atom is 0.247 e. The lowest BCUT2D eigenvalue weighted by atomic mass is 9.88. The molecule has 20 heavy (non-hydrogen) atoms. The molecule has 0 radical (unpaired) electrons. The number of hydrogen-bond donors (Lipinski definition) is 0. The van der Waals surface area contributed by atoms with Crippen LogP contribution < -0.4 is 0 Å². The molecule has 3 heteroatoms. The second-order valence-electron chi connectivity index (χ2n) is 5.54. The van der Waals surface area contributed by atoms with Gasteiger partial charge in [-0.05, 0) is 31.8 Å². The van der Waals surface area contributed by atoms with Gasteiger partial charge in [-0.1, -0.05) is 36.5 Å². The van der Waals surface area contributed by atoms with Gasteiger partial charge < -0.3 is 4.90 Å². The number of fused-ring (bicyclic) bond motifs is 1. The summed E-state index contributed by atoms with van der Waals surface area (Å²) >= 11 is 0. The molecule has 0 saturated heterocycles. The minimum absolute atomic E-state index is 0.103. The van der Waals surface area contributed by atoms with E-state index in [2.05, 4.69) is 36.5 Å². The molecule has 2 aliphatic carbocycles. The van der Waals surface area contributed by atoms with Gasteiger partial charge in [-0.2, -0.15) is 0 Å². The monoisotopic (exact) mass is 268 g/mol. The van der Waals surface area contributed by atoms with Crippen LogP contribution in [-0.4, -0.2) is 35.7 Å². The molecule has 0 fully saturated rings. The first-order valence-electron chi connectivity index (χ1n) is 7.27. The van der Waals surface area contributed by atoms with Gasteiger partial charge in [0.1, 0.15) is 6.04 Å². The van der Waals surface area contributed by atoms with Crippen LogP contribution in [0, 0.1) is 0 Å². The Bertz CT molecular complexity index is 578. The van der Waals surface area contributed by atoms with E-state index in [0.717, 1.165) is 30.5 Å². The predicted molar refractivity (Wildman–Crippen MR) is 81.8 cm³/mol. The maximum absolute atomic E-state index is 12.4. The van der Waals surface area contributed by atoms with E-state index in [9.17, 15) is 4.79 Å². The topological polar surface area (TPSA) is 32.7 Å². The van der Waals surface area contributed by atoms with Crippen LogP contribution in [0.25, 0.3) is 0 Å². The molecule has 3 rings (SSSR count). The smallest absolute Gasteiger partial charge is 0.247 e. The van der Waals surface area contributed by atoms with Gasteiger partial charge in [-0.3, -0.25) is 9.79 Å². The molecule has 1 heterocycles. The highest BCUT2D eigenvalue weighted by atomic mass is 16.2. The van der Waals surface area contributed by atoms with Crippen LogP contribution in [0.1, 0.15) is 26.2 Å². The van der Waals surface area contributed by atoms with Crippen LogP contribution >= 0.6 is 0 Å². The zero-order valence-electron chi connectivity index (χ0n) is 12.0. The fraction of sp³-hybridized carbons (Fsp3) is 0.412. The van der Waals surface area contributed by atoms with Gasteiger partial charge in [-0.15, -0.1) is 0 Å². The van der Waals surface area contributed by atoms with Crippen molar-refractivity contribution in [3.8, 4) is 0 Å². The summed E-state index contributed by atoms with van der Waals surface area (Å²) in [5, 5.41) is 0. The third-order valence-electron chi connectivity index (χ3n) is 4.17. The van der Waals surface area contributed by atoms with Crippen molar-refractivity contribution in [1.29, 1.82) is 0 Å². The van der Waals surface area contributed by atoms with Crippen molar-refractivity contribution in [3.05, 3.63) is 47.6 Å². The summed E-state index contributed by atoms with van der Waals surface area (Å²) < 4.78 is 0. The molecule has 1 aliphatic heterocycles. The normalized spacial score (nSPS) is 29.4. The molecule has 0 N–H and O–H groups in total. The summed E-state index contributed by atoms with van der Waals surface area (Å²) in [6.07, 6.45) is 15.9. The summed E-state index contributed by atoms with van der Waals surface area (Å²) in [6.45, 7) is 1.89. The van der Waals surface area contributed by atoms with Gasteiger partial charge in [-0.25, -0.2) is 0 Å². The predicted octanol–water partition coefficient (Wildman–Crippen LogP) is 2.82. The molecule has 2 atom stereocenters. The second kappa shape index (κ2) is 5.23. The molecule has 1 unspecified atom stereocenters. The third-order valence-corrected chi connectivity index (χ3v) is 4.17. The van der Waals surface area contributed by atoms with Crippen molar-refractivity contribution in [2.75, 3.05) is 7.05 Å². The van der Waals surface area contributed by atoms with Gasteiger partial charge in [0.05, 0.1) is 11.8 Å². The molecular formula is C17H20N2O. The van der Waals surface area contributed by atoms with Crippen molar-refractivity contribution in [1.82, 2.24) is 4.90 Å². The van der Waals surface area contributed by atoms with Crippen molar-refractivity contribution < 1.29 is 4.79 Å². The van der Waals surface area contributed by atoms with E-state index in [4.69, 9.17) is 4.99 Å². The molecule has 0 aromatic rings.